The highest BCUT2D eigenvalue weighted by Crippen LogP contribution is 2.43. The molecule has 0 radical (unpaired) electrons. The summed E-state index contributed by atoms with van der Waals surface area (Å²) in [4.78, 5) is 32.2. The monoisotopic (exact) mass is 477 g/mol. The van der Waals surface area contributed by atoms with Crippen molar-refractivity contribution in [1.82, 2.24) is 0 Å². The van der Waals surface area contributed by atoms with Crippen LogP contribution in [0, 0.1) is 30.3 Å². The number of rotatable bonds is 9. The number of alkyl halides is 3. The van der Waals surface area contributed by atoms with Crippen LogP contribution in [-0.4, -0.2) is 34.4 Å². The molecule has 0 heterocycles. The van der Waals surface area contributed by atoms with E-state index in [1.54, 1.807) is 0 Å². The summed E-state index contributed by atoms with van der Waals surface area (Å²) < 4.78 is 39.2. The van der Waals surface area contributed by atoms with Crippen molar-refractivity contribution in [1.29, 1.82) is 0 Å². The lowest BCUT2D eigenvalue weighted by Gasteiger charge is -2.23. The van der Waals surface area contributed by atoms with Crippen LogP contribution in [0.4, 0.5) is 41.6 Å². The quantitative estimate of drug-likeness (QED) is 0.391. The Balaban J connectivity index is 2.41. The molecule has 0 fully saturated rings. The summed E-state index contributed by atoms with van der Waals surface area (Å²) in [5.41, 5.74) is -4.54. The number of nitrogens with one attached hydrogen (secondary N) is 1. The first-order valence-electron chi connectivity index (χ1n) is 8.83. The molecule has 0 aliphatic rings. The molecule has 0 saturated heterocycles. The van der Waals surface area contributed by atoms with E-state index in [1.807, 2.05) is 0 Å². The Labute approximate surface area is 182 Å². The van der Waals surface area contributed by atoms with Crippen LogP contribution in [0.25, 0.3) is 0 Å². The summed E-state index contributed by atoms with van der Waals surface area (Å²) in [6.07, 6.45) is -5.03. The van der Waals surface area contributed by atoms with Crippen molar-refractivity contribution < 1.29 is 27.9 Å². The molecule has 15 heteroatoms. The maximum absolute atomic E-state index is 13.1. The second kappa shape index (κ2) is 9.64. The van der Waals surface area contributed by atoms with E-state index in [0.29, 0.717) is 0 Å². The molecule has 1 N–H and O–H groups in total. The summed E-state index contributed by atoms with van der Waals surface area (Å²) >= 11 is 5.74. The van der Waals surface area contributed by atoms with E-state index in [4.69, 9.17) is 11.6 Å². The summed E-state index contributed by atoms with van der Waals surface area (Å²) in [6, 6.07) is 4.30. The van der Waals surface area contributed by atoms with Crippen molar-refractivity contribution in [2.45, 2.75) is 13.1 Å². The molecule has 0 atom stereocenters. The number of hydrogen-bond acceptors (Lipinski definition) is 8. The Hall–Kier alpha value is -3.68. The Kier molecular flexibility index (Phi) is 7.40. The molecule has 0 aromatic heterocycles. The van der Waals surface area contributed by atoms with Crippen LogP contribution in [0.5, 0.6) is 0 Å². The Morgan fingerprint density at radius 1 is 0.969 bits per heavy atom. The number of anilines is 2. The van der Waals surface area contributed by atoms with Gasteiger partial charge in [-0.15, -0.1) is 0 Å². The summed E-state index contributed by atoms with van der Waals surface area (Å²) in [5.74, 6) is 0. The van der Waals surface area contributed by atoms with Crippen LogP contribution >= 0.6 is 11.6 Å². The van der Waals surface area contributed by atoms with Crippen LogP contribution in [0.3, 0.4) is 0 Å². The Bertz CT molecular complexity index is 1030. The zero-order valence-corrected chi connectivity index (χ0v) is 17.0. The second-order valence-corrected chi connectivity index (χ2v) is 6.74. The van der Waals surface area contributed by atoms with Crippen LogP contribution in [-0.2, 0) is 6.18 Å². The van der Waals surface area contributed by atoms with Gasteiger partial charge in [0.15, 0.2) is 5.69 Å². The predicted octanol–water partition coefficient (Wildman–Crippen LogP) is 5.02. The zero-order valence-electron chi connectivity index (χ0n) is 16.3. The third-order valence-electron chi connectivity index (χ3n) is 4.34. The SMILES string of the molecule is CCN(CCNc1ccc(Cl)cc1[N+](=O)[O-])c1c([N+](=O)[O-])cc(C(F)(F)F)cc1[N+](=O)[O-]. The number of likely N-dealkylation sites (N-methyl/N-ethyl adjacent to an activating group) is 1. The molecule has 2 aromatic rings. The maximum Gasteiger partial charge on any atom is 0.416 e. The molecule has 2 rings (SSSR count). The van der Waals surface area contributed by atoms with Gasteiger partial charge in [0.2, 0.25) is 0 Å². The minimum absolute atomic E-state index is 0.0303. The lowest BCUT2D eigenvalue weighted by atomic mass is 10.1. The number of halogens is 4. The molecular weight excluding hydrogens is 463 g/mol. The molecule has 32 heavy (non-hydrogen) atoms. The van der Waals surface area contributed by atoms with E-state index in [1.165, 1.54) is 19.1 Å². The van der Waals surface area contributed by atoms with E-state index >= 15 is 0 Å². The van der Waals surface area contributed by atoms with Gasteiger partial charge in [-0.2, -0.15) is 13.2 Å². The largest absolute Gasteiger partial charge is 0.416 e. The van der Waals surface area contributed by atoms with Crippen molar-refractivity contribution in [3.8, 4) is 0 Å². The van der Waals surface area contributed by atoms with E-state index in [9.17, 15) is 43.5 Å². The molecule has 0 aliphatic carbocycles. The van der Waals surface area contributed by atoms with Gasteiger partial charge in [-0.3, -0.25) is 30.3 Å². The number of nitro benzene ring substituents is 3. The van der Waals surface area contributed by atoms with Crippen molar-refractivity contribution in [2.24, 2.45) is 0 Å². The number of nitrogens with zero attached hydrogens (tertiary/aromatic N) is 4. The van der Waals surface area contributed by atoms with Gasteiger partial charge in [0, 0.05) is 42.9 Å². The first-order valence-corrected chi connectivity index (χ1v) is 9.21. The lowest BCUT2D eigenvalue weighted by Crippen LogP contribution is -2.30. The van der Waals surface area contributed by atoms with Gasteiger partial charge in [-0.25, -0.2) is 0 Å². The van der Waals surface area contributed by atoms with Gasteiger partial charge in [0.25, 0.3) is 17.1 Å². The normalized spacial score (nSPS) is 11.2. The fourth-order valence-electron chi connectivity index (χ4n) is 2.93. The van der Waals surface area contributed by atoms with E-state index in [-0.39, 0.29) is 48.2 Å². The minimum atomic E-state index is -5.03. The number of benzene rings is 2. The first-order chi connectivity index (χ1) is 14.9. The molecule has 0 amide bonds. The van der Waals surface area contributed by atoms with Gasteiger partial charge in [-0.05, 0) is 19.1 Å². The van der Waals surface area contributed by atoms with E-state index in [2.05, 4.69) is 5.32 Å². The highest BCUT2D eigenvalue weighted by molar-refractivity contribution is 6.30. The standard InChI is InChI=1S/C17H15ClF3N5O6/c1-2-23(6-5-22-12-4-3-11(18)9-13(12)24(27)28)16-14(25(29)30)7-10(17(19,20)21)8-15(16)26(31)32/h3-4,7-9,22H,2,5-6H2,1H3. The molecule has 0 bridgehead atoms. The van der Waals surface area contributed by atoms with Gasteiger partial charge in [0.05, 0.1) is 20.3 Å². The summed E-state index contributed by atoms with van der Waals surface area (Å²) in [7, 11) is 0. The topological polar surface area (TPSA) is 145 Å². The number of nitro groups is 3. The molecule has 2 aromatic carbocycles. The van der Waals surface area contributed by atoms with Gasteiger partial charge >= 0.3 is 6.18 Å². The fourth-order valence-corrected chi connectivity index (χ4v) is 3.10. The van der Waals surface area contributed by atoms with Gasteiger partial charge in [0.1, 0.15) is 5.69 Å². The molecule has 0 unspecified atom stereocenters. The van der Waals surface area contributed by atoms with Crippen LogP contribution in [0.15, 0.2) is 30.3 Å². The average Bonchev–Trinajstić information content (AvgIpc) is 2.70. The third-order valence-corrected chi connectivity index (χ3v) is 4.58. The molecule has 0 spiro atoms. The number of hydrogen-bond donors (Lipinski definition) is 1. The molecule has 0 aliphatic heterocycles. The highest BCUT2D eigenvalue weighted by atomic mass is 35.5. The third kappa shape index (κ3) is 5.51. The van der Waals surface area contributed by atoms with Crippen LogP contribution in [0.2, 0.25) is 5.02 Å². The van der Waals surface area contributed by atoms with Crippen molar-refractivity contribution in [3.63, 3.8) is 0 Å². The van der Waals surface area contributed by atoms with Crippen LogP contribution < -0.4 is 10.2 Å². The van der Waals surface area contributed by atoms with E-state index < -0.39 is 43.6 Å². The van der Waals surface area contributed by atoms with Crippen molar-refractivity contribution in [2.75, 3.05) is 29.9 Å². The Morgan fingerprint density at radius 2 is 1.50 bits per heavy atom. The summed E-state index contributed by atoms with van der Waals surface area (Å²) in [5, 5.41) is 36.9. The van der Waals surface area contributed by atoms with Crippen molar-refractivity contribution >= 4 is 40.0 Å². The zero-order chi connectivity index (χ0) is 24.2. The molecular formula is C17H15ClF3N5O6. The smallest absolute Gasteiger partial charge is 0.378 e. The molecule has 172 valence electrons. The van der Waals surface area contributed by atoms with Gasteiger partial charge < -0.3 is 10.2 Å². The Morgan fingerprint density at radius 3 is 1.94 bits per heavy atom. The second-order valence-electron chi connectivity index (χ2n) is 6.30. The van der Waals surface area contributed by atoms with E-state index in [0.717, 1.165) is 11.0 Å². The lowest BCUT2D eigenvalue weighted by molar-refractivity contribution is -0.393. The maximum atomic E-state index is 13.1. The minimum Gasteiger partial charge on any atom is -0.378 e. The predicted molar refractivity (Wildman–Crippen MR) is 109 cm³/mol. The fraction of sp³-hybridized carbons (Fsp3) is 0.294. The van der Waals surface area contributed by atoms with Crippen LogP contribution in [0.1, 0.15) is 12.5 Å². The molecule has 0 saturated carbocycles. The summed E-state index contributed by atoms with van der Waals surface area (Å²) in [6.45, 7) is 1.24. The first kappa shape index (κ1) is 24.6. The van der Waals surface area contributed by atoms with Gasteiger partial charge in [-0.1, -0.05) is 11.6 Å². The molecule has 11 nitrogen and oxygen atoms in total. The van der Waals surface area contributed by atoms with Crippen molar-refractivity contribution in [3.05, 3.63) is 71.3 Å². The average molecular weight is 478 g/mol. The highest BCUT2D eigenvalue weighted by Gasteiger charge is 2.39.